The molecule has 1 aliphatic rings. The van der Waals surface area contributed by atoms with Gasteiger partial charge in [-0.2, -0.15) is 0 Å². The fraction of sp³-hybridized carbons (Fsp3) is 0.846. The maximum Gasteiger partial charge on any atom is 0.120 e. The normalized spacial score (nSPS) is 24.3. The van der Waals surface area contributed by atoms with E-state index in [1.807, 2.05) is 6.92 Å². The Hall–Kier alpha value is -0.500. The molecular formula is C13H24O2. The summed E-state index contributed by atoms with van der Waals surface area (Å²) in [5.41, 5.74) is 1.11. The number of allylic oxidation sites excluding steroid dienone is 1. The molecule has 0 saturated carbocycles. The highest BCUT2D eigenvalue weighted by Crippen LogP contribution is 2.26. The summed E-state index contributed by atoms with van der Waals surface area (Å²) >= 11 is 0. The Balaban J connectivity index is 2.40. The van der Waals surface area contributed by atoms with Gasteiger partial charge >= 0.3 is 0 Å². The molecule has 0 bridgehead atoms. The lowest BCUT2D eigenvalue weighted by Crippen LogP contribution is -2.25. The summed E-state index contributed by atoms with van der Waals surface area (Å²) in [6, 6.07) is 0. The molecule has 1 N–H and O–H groups in total. The molecule has 0 amide bonds. The maximum absolute atomic E-state index is 9.87. The van der Waals surface area contributed by atoms with Gasteiger partial charge in [-0.3, -0.25) is 0 Å². The quantitative estimate of drug-likeness (QED) is 0.747. The molecule has 88 valence electrons. The van der Waals surface area contributed by atoms with Crippen LogP contribution in [0, 0.1) is 0 Å². The predicted octanol–water partition coefficient (Wildman–Crippen LogP) is 3.97. The molecule has 0 radical (unpaired) electrons. The fourth-order valence-corrected chi connectivity index (χ4v) is 2.06. The van der Waals surface area contributed by atoms with Crippen molar-refractivity contribution in [1.29, 1.82) is 0 Å². The molecule has 0 aromatic carbocycles. The Morgan fingerprint density at radius 2 is 2.27 bits per heavy atom. The molecule has 0 aromatic heterocycles. The standard InChI is InChI=1S/C13H24O2/c1-4-5-8-11(3)15-12-9-6-7-10(2)13(12)14/h11-12,14H,4-9H2,1-3H3. The summed E-state index contributed by atoms with van der Waals surface area (Å²) in [6.45, 7) is 6.29. The third kappa shape index (κ3) is 3.86. The highest BCUT2D eigenvalue weighted by atomic mass is 16.5. The lowest BCUT2D eigenvalue weighted by atomic mass is 9.96. The molecule has 0 aromatic rings. The molecule has 0 heterocycles. The number of rotatable bonds is 5. The van der Waals surface area contributed by atoms with Crippen molar-refractivity contribution in [2.75, 3.05) is 0 Å². The Morgan fingerprint density at radius 3 is 2.93 bits per heavy atom. The molecule has 0 aliphatic heterocycles. The highest BCUT2D eigenvalue weighted by molar-refractivity contribution is 5.12. The Morgan fingerprint density at radius 1 is 1.53 bits per heavy atom. The van der Waals surface area contributed by atoms with E-state index in [2.05, 4.69) is 13.8 Å². The molecule has 15 heavy (non-hydrogen) atoms. The molecule has 1 aliphatic carbocycles. The molecular weight excluding hydrogens is 188 g/mol. The molecule has 0 fully saturated rings. The van der Waals surface area contributed by atoms with Crippen molar-refractivity contribution in [2.24, 2.45) is 0 Å². The monoisotopic (exact) mass is 212 g/mol. The first-order valence-electron chi connectivity index (χ1n) is 6.19. The van der Waals surface area contributed by atoms with Crippen LogP contribution < -0.4 is 0 Å². The summed E-state index contributed by atoms with van der Waals surface area (Å²) in [4.78, 5) is 0. The van der Waals surface area contributed by atoms with Gasteiger partial charge in [-0.25, -0.2) is 0 Å². The zero-order valence-electron chi connectivity index (χ0n) is 10.3. The zero-order valence-corrected chi connectivity index (χ0v) is 10.3. The number of aliphatic hydroxyl groups excluding tert-OH is 1. The van der Waals surface area contributed by atoms with Gasteiger partial charge in [0.05, 0.1) is 6.10 Å². The number of ether oxygens (including phenoxy) is 1. The van der Waals surface area contributed by atoms with E-state index in [4.69, 9.17) is 4.74 Å². The van der Waals surface area contributed by atoms with Crippen LogP contribution in [0.4, 0.5) is 0 Å². The van der Waals surface area contributed by atoms with Crippen LogP contribution in [-0.4, -0.2) is 17.3 Å². The van der Waals surface area contributed by atoms with Crippen molar-refractivity contribution in [1.82, 2.24) is 0 Å². The number of hydrogen-bond donors (Lipinski definition) is 1. The van der Waals surface area contributed by atoms with Gasteiger partial charge in [-0.1, -0.05) is 19.8 Å². The van der Waals surface area contributed by atoms with Crippen molar-refractivity contribution in [3.05, 3.63) is 11.3 Å². The van der Waals surface area contributed by atoms with Gasteiger partial charge in [-0.15, -0.1) is 0 Å². The second-order valence-corrected chi connectivity index (χ2v) is 4.64. The van der Waals surface area contributed by atoms with Crippen LogP contribution in [0.15, 0.2) is 11.3 Å². The van der Waals surface area contributed by atoms with E-state index in [0.717, 1.165) is 31.3 Å². The van der Waals surface area contributed by atoms with E-state index in [1.54, 1.807) is 0 Å². The van der Waals surface area contributed by atoms with Gasteiger partial charge in [0.1, 0.15) is 11.9 Å². The molecule has 2 unspecified atom stereocenters. The number of hydrogen-bond acceptors (Lipinski definition) is 2. The zero-order chi connectivity index (χ0) is 11.3. The average Bonchev–Trinajstić information content (AvgIpc) is 2.22. The average molecular weight is 212 g/mol. The molecule has 0 saturated heterocycles. The lowest BCUT2D eigenvalue weighted by Gasteiger charge is -2.26. The first kappa shape index (κ1) is 12.6. The highest BCUT2D eigenvalue weighted by Gasteiger charge is 2.22. The Labute approximate surface area is 93.3 Å². The summed E-state index contributed by atoms with van der Waals surface area (Å²) in [6.07, 6.45) is 6.87. The minimum atomic E-state index is -0.0365. The van der Waals surface area contributed by atoms with E-state index in [-0.39, 0.29) is 12.2 Å². The third-order valence-electron chi connectivity index (χ3n) is 3.12. The van der Waals surface area contributed by atoms with Crippen molar-refractivity contribution in [3.8, 4) is 0 Å². The van der Waals surface area contributed by atoms with Gasteiger partial charge in [0.2, 0.25) is 0 Å². The van der Waals surface area contributed by atoms with E-state index in [9.17, 15) is 5.11 Å². The largest absolute Gasteiger partial charge is 0.510 e. The van der Waals surface area contributed by atoms with Gasteiger partial charge in [0.15, 0.2) is 0 Å². The van der Waals surface area contributed by atoms with Gasteiger partial charge in [0.25, 0.3) is 0 Å². The molecule has 1 rings (SSSR count). The van der Waals surface area contributed by atoms with E-state index in [0.29, 0.717) is 5.76 Å². The smallest absolute Gasteiger partial charge is 0.120 e. The molecule has 2 nitrogen and oxygen atoms in total. The van der Waals surface area contributed by atoms with Crippen LogP contribution in [0.3, 0.4) is 0 Å². The number of unbranched alkanes of at least 4 members (excludes halogenated alkanes) is 1. The van der Waals surface area contributed by atoms with Crippen LogP contribution in [0.5, 0.6) is 0 Å². The van der Waals surface area contributed by atoms with Crippen LogP contribution in [0.1, 0.15) is 59.3 Å². The Kier molecular flexibility index (Phi) is 5.16. The SMILES string of the molecule is CCCCC(C)OC1CCCC(C)=C1O. The maximum atomic E-state index is 9.87. The minimum Gasteiger partial charge on any atom is -0.510 e. The first-order chi connectivity index (χ1) is 7.15. The summed E-state index contributed by atoms with van der Waals surface area (Å²) < 4.78 is 5.87. The third-order valence-corrected chi connectivity index (χ3v) is 3.12. The second-order valence-electron chi connectivity index (χ2n) is 4.64. The second kappa shape index (κ2) is 6.16. The van der Waals surface area contributed by atoms with Gasteiger partial charge in [-0.05, 0) is 45.1 Å². The summed E-state index contributed by atoms with van der Waals surface area (Å²) in [5.74, 6) is 0.490. The van der Waals surface area contributed by atoms with E-state index < -0.39 is 0 Å². The lowest BCUT2D eigenvalue weighted by molar-refractivity contribution is -0.0166. The van der Waals surface area contributed by atoms with Crippen molar-refractivity contribution in [2.45, 2.75) is 71.5 Å². The van der Waals surface area contributed by atoms with Crippen LogP contribution in [0.2, 0.25) is 0 Å². The predicted molar refractivity (Wildman–Crippen MR) is 63.0 cm³/mol. The molecule has 2 heteroatoms. The molecule has 0 spiro atoms. The van der Waals surface area contributed by atoms with Crippen LogP contribution >= 0.6 is 0 Å². The van der Waals surface area contributed by atoms with Crippen molar-refractivity contribution in [3.63, 3.8) is 0 Å². The summed E-state index contributed by atoms with van der Waals surface area (Å²) in [5, 5.41) is 9.87. The minimum absolute atomic E-state index is 0.0365. The van der Waals surface area contributed by atoms with Gasteiger partial charge in [0, 0.05) is 0 Å². The summed E-state index contributed by atoms with van der Waals surface area (Å²) in [7, 11) is 0. The van der Waals surface area contributed by atoms with E-state index in [1.165, 1.54) is 12.8 Å². The molecule has 2 atom stereocenters. The van der Waals surface area contributed by atoms with E-state index >= 15 is 0 Å². The van der Waals surface area contributed by atoms with Gasteiger partial charge < -0.3 is 9.84 Å². The fourth-order valence-electron chi connectivity index (χ4n) is 2.06. The van der Waals surface area contributed by atoms with Crippen molar-refractivity contribution >= 4 is 0 Å². The Bertz CT molecular complexity index is 221. The topological polar surface area (TPSA) is 29.5 Å². The number of aliphatic hydroxyl groups is 1. The first-order valence-corrected chi connectivity index (χ1v) is 6.19. The van der Waals surface area contributed by atoms with Crippen LogP contribution in [-0.2, 0) is 4.74 Å². The van der Waals surface area contributed by atoms with Crippen molar-refractivity contribution < 1.29 is 9.84 Å². The van der Waals surface area contributed by atoms with Crippen LogP contribution in [0.25, 0.3) is 0 Å².